The first-order valence-electron chi connectivity index (χ1n) is 7.38. The number of nitrogens with one attached hydrogen (secondary N) is 2. The second kappa shape index (κ2) is 9.56. The summed E-state index contributed by atoms with van der Waals surface area (Å²) in [4.78, 5) is 34.1. The Morgan fingerprint density at radius 3 is 2.56 bits per heavy atom. The van der Waals surface area contributed by atoms with Crippen LogP contribution in [0, 0.1) is 0 Å². The Morgan fingerprint density at radius 2 is 1.85 bits per heavy atom. The van der Waals surface area contributed by atoms with Crippen molar-refractivity contribution < 1.29 is 24.2 Å². The Hall–Kier alpha value is -3.10. The van der Waals surface area contributed by atoms with E-state index in [-0.39, 0.29) is 22.0 Å². The molecule has 140 valence electrons. The summed E-state index contributed by atoms with van der Waals surface area (Å²) in [6.45, 7) is -0.672. The second-order valence-electron chi connectivity index (χ2n) is 4.98. The molecule has 0 saturated heterocycles. The molecular weight excluding hydrogens is 397 g/mol. The molecule has 0 unspecified atom stereocenters. The number of amides is 2. The quantitative estimate of drug-likeness (QED) is 0.422. The van der Waals surface area contributed by atoms with Gasteiger partial charge in [0.25, 0.3) is 0 Å². The van der Waals surface area contributed by atoms with Gasteiger partial charge < -0.3 is 20.0 Å². The molecule has 0 bridgehead atoms. The van der Waals surface area contributed by atoms with E-state index in [4.69, 9.17) is 27.9 Å². The van der Waals surface area contributed by atoms with E-state index < -0.39 is 24.4 Å². The molecular formula is C17H12Cl2N3O5-. The van der Waals surface area contributed by atoms with Crippen molar-refractivity contribution in [2.75, 3.05) is 11.9 Å². The minimum absolute atomic E-state index is 0.155. The Balaban J connectivity index is 2.00. The van der Waals surface area contributed by atoms with Gasteiger partial charge in [0.2, 0.25) is 0 Å². The molecule has 2 aromatic rings. The fourth-order valence-corrected chi connectivity index (χ4v) is 2.20. The number of rotatable bonds is 6. The minimum Gasteiger partial charge on any atom is -0.546 e. The third-order valence-electron chi connectivity index (χ3n) is 3.02. The molecule has 0 spiro atoms. The maximum absolute atomic E-state index is 11.8. The van der Waals surface area contributed by atoms with Gasteiger partial charge >= 0.3 is 11.8 Å². The van der Waals surface area contributed by atoms with Crippen molar-refractivity contribution in [3.05, 3.63) is 58.1 Å². The van der Waals surface area contributed by atoms with E-state index in [1.807, 2.05) is 5.43 Å². The average Bonchev–Trinajstić information content (AvgIpc) is 2.62. The number of anilines is 1. The first-order chi connectivity index (χ1) is 12.9. The fourth-order valence-electron chi connectivity index (χ4n) is 1.84. The molecule has 2 amide bonds. The Kier molecular flexibility index (Phi) is 7.16. The zero-order chi connectivity index (χ0) is 19.8. The van der Waals surface area contributed by atoms with Crippen molar-refractivity contribution in [3.8, 4) is 5.75 Å². The largest absolute Gasteiger partial charge is 0.546 e. The topological polar surface area (TPSA) is 120 Å². The Labute approximate surface area is 163 Å². The molecule has 0 aliphatic rings. The SMILES string of the molecule is O=C([O-])COc1ccc(Cl)cc1/C=N\NC(=O)C(=O)Nc1ccccc1Cl. The van der Waals surface area contributed by atoms with Crippen LogP contribution in [0.3, 0.4) is 0 Å². The zero-order valence-electron chi connectivity index (χ0n) is 13.6. The van der Waals surface area contributed by atoms with Gasteiger partial charge in [0, 0.05) is 10.6 Å². The summed E-state index contributed by atoms with van der Waals surface area (Å²) in [6.07, 6.45) is 1.15. The Morgan fingerprint density at radius 1 is 1.11 bits per heavy atom. The van der Waals surface area contributed by atoms with Crippen LogP contribution in [0.15, 0.2) is 47.6 Å². The maximum Gasteiger partial charge on any atom is 0.329 e. The summed E-state index contributed by atoms with van der Waals surface area (Å²) < 4.78 is 5.03. The van der Waals surface area contributed by atoms with E-state index in [0.29, 0.717) is 5.02 Å². The standard InChI is InChI=1S/C17H13Cl2N3O5/c18-11-5-6-14(27-9-15(23)24)10(7-11)8-20-22-17(26)16(25)21-13-4-2-1-3-12(13)19/h1-8H,9H2,(H,21,25)(H,22,26)(H,23,24)/p-1/b20-8-. The normalized spacial score (nSPS) is 10.4. The van der Waals surface area contributed by atoms with E-state index in [1.54, 1.807) is 18.2 Å². The highest BCUT2D eigenvalue weighted by Gasteiger charge is 2.14. The number of aliphatic carboxylic acids is 1. The monoisotopic (exact) mass is 408 g/mol. The highest BCUT2D eigenvalue weighted by Crippen LogP contribution is 2.21. The van der Waals surface area contributed by atoms with Crippen molar-refractivity contribution in [1.29, 1.82) is 0 Å². The molecule has 2 N–H and O–H groups in total. The smallest absolute Gasteiger partial charge is 0.329 e. The molecule has 27 heavy (non-hydrogen) atoms. The van der Waals surface area contributed by atoms with Gasteiger partial charge in [-0.25, -0.2) is 5.43 Å². The molecule has 0 saturated carbocycles. The summed E-state index contributed by atoms with van der Waals surface area (Å²) in [6, 6.07) is 10.8. The van der Waals surface area contributed by atoms with Crippen LogP contribution in [0.25, 0.3) is 0 Å². The van der Waals surface area contributed by atoms with Crippen LogP contribution >= 0.6 is 23.2 Å². The van der Waals surface area contributed by atoms with Crippen molar-refractivity contribution in [1.82, 2.24) is 5.43 Å². The van der Waals surface area contributed by atoms with Crippen LogP contribution in [0.4, 0.5) is 5.69 Å². The highest BCUT2D eigenvalue weighted by molar-refractivity contribution is 6.41. The molecule has 0 heterocycles. The minimum atomic E-state index is -1.41. The molecule has 0 aliphatic carbocycles. The molecule has 2 rings (SSSR count). The lowest BCUT2D eigenvalue weighted by Gasteiger charge is -2.09. The van der Waals surface area contributed by atoms with E-state index in [0.717, 1.165) is 6.21 Å². The number of carboxylic acid groups (broad SMARTS) is 1. The number of benzene rings is 2. The predicted molar refractivity (Wildman–Crippen MR) is 97.8 cm³/mol. The van der Waals surface area contributed by atoms with Crippen molar-refractivity contribution in [3.63, 3.8) is 0 Å². The van der Waals surface area contributed by atoms with Gasteiger partial charge in [-0.1, -0.05) is 35.3 Å². The Bertz CT molecular complexity index is 902. The predicted octanol–water partition coefficient (Wildman–Crippen LogP) is 1.21. The number of nitrogens with zero attached hydrogens (tertiary/aromatic N) is 1. The molecule has 10 heteroatoms. The summed E-state index contributed by atoms with van der Waals surface area (Å²) in [5, 5.41) is 17.1. The fraction of sp³-hybridized carbons (Fsp3) is 0.0588. The average molecular weight is 409 g/mol. The number of carboxylic acids is 1. The second-order valence-corrected chi connectivity index (χ2v) is 5.82. The first kappa shape index (κ1) is 20.2. The molecule has 0 fully saturated rings. The summed E-state index contributed by atoms with van der Waals surface area (Å²) in [5.74, 6) is -3.26. The summed E-state index contributed by atoms with van der Waals surface area (Å²) in [7, 11) is 0. The van der Waals surface area contributed by atoms with Crippen molar-refractivity contribution in [2.24, 2.45) is 5.10 Å². The molecule has 0 atom stereocenters. The molecule has 0 aromatic heterocycles. The first-order valence-corrected chi connectivity index (χ1v) is 8.13. The van der Waals surface area contributed by atoms with Crippen LogP contribution in [0.2, 0.25) is 10.0 Å². The van der Waals surface area contributed by atoms with Gasteiger partial charge in [0.15, 0.2) is 0 Å². The maximum atomic E-state index is 11.8. The summed E-state index contributed by atoms with van der Waals surface area (Å²) in [5.41, 5.74) is 2.59. The number of carbonyl (C=O) groups excluding carboxylic acids is 3. The number of hydrogen-bond donors (Lipinski definition) is 2. The highest BCUT2D eigenvalue weighted by atomic mass is 35.5. The van der Waals surface area contributed by atoms with E-state index in [2.05, 4.69) is 10.4 Å². The lowest BCUT2D eigenvalue weighted by atomic mass is 10.2. The third-order valence-corrected chi connectivity index (χ3v) is 3.58. The lowest BCUT2D eigenvalue weighted by Crippen LogP contribution is -2.32. The molecule has 0 radical (unpaired) electrons. The van der Waals surface area contributed by atoms with E-state index in [1.165, 1.54) is 24.3 Å². The molecule has 8 nitrogen and oxygen atoms in total. The number of hydrogen-bond acceptors (Lipinski definition) is 6. The van der Waals surface area contributed by atoms with E-state index >= 15 is 0 Å². The number of ether oxygens (including phenoxy) is 1. The van der Waals surface area contributed by atoms with Crippen LogP contribution in [-0.4, -0.2) is 30.6 Å². The lowest BCUT2D eigenvalue weighted by molar-refractivity contribution is -0.307. The van der Waals surface area contributed by atoms with E-state index in [9.17, 15) is 19.5 Å². The van der Waals surface area contributed by atoms with Crippen LogP contribution in [-0.2, 0) is 14.4 Å². The van der Waals surface area contributed by atoms with Crippen LogP contribution in [0.5, 0.6) is 5.75 Å². The van der Waals surface area contributed by atoms with Crippen LogP contribution < -0.4 is 20.6 Å². The van der Waals surface area contributed by atoms with Gasteiger partial charge in [0.05, 0.1) is 22.9 Å². The van der Waals surface area contributed by atoms with Crippen LogP contribution in [0.1, 0.15) is 5.56 Å². The third kappa shape index (κ3) is 6.28. The summed E-state index contributed by atoms with van der Waals surface area (Å²) >= 11 is 11.8. The zero-order valence-corrected chi connectivity index (χ0v) is 15.1. The number of para-hydroxylation sites is 1. The molecule has 0 aliphatic heterocycles. The van der Waals surface area contributed by atoms with Gasteiger partial charge in [-0.2, -0.15) is 5.10 Å². The van der Waals surface area contributed by atoms with Gasteiger partial charge in [-0.3, -0.25) is 9.59 Å². The number of halogens is 2. The van der Waals surface area contributed by atoms with Crippen molar-refractivity contribution in [2.45, 2.75) is 0 Å². The van der Waals surface area contributed by atoms with Crippen molar-refractivity contribution >= 4 is 52.9 Å². The number of carbonyl (C=O) groups is 3. The van der Waals surface area contributed by atoms with Gasteiger partial charge in [-0.05, 0) is 30.3 Å². The number of hydrazone groups is 1. The van der Waals surface area contributed by atoms with Gasteiger partial charge in [0.1, 0.15) is 12.4 Å². The molecule has 2 aromatic carbocycles. The van der Waals surface area contributed by atoms with Gasteiger partial charge in [-0.15, -0.1) is 0 Å².